The van der Waals surface area contributed by atoms with Gasteiger partial charge in [0.25, 0.3) is 10.0 Å². The fraction of sp³-hybridized carbons (Fsp3) is 0.222. The normalized spacial score (nSPS) is 11.2. The number of anilines is 1. The highest BCUT2D eigenvalue weighted by molar-refractivity contribution is 7.94. The SMILES string of the molecule is Cc1ncc(S(=O)(=O)Nc2c(C#N)cnn2C)s1. The van der Waals surface area contributed by atoms with Crippen LogP contribution in [0.4, 0.5) is 5.82 Å². The molecule has 94 valence electrons. The molecule has 0 fully saturated rings. The van der Waals surface area contributed by atoms with Gasteiger partial charge in [-0.3, -0.25) is 9.40 Å². The van der Waals surface area contributed by atoms with Crippen LogP contribution in [0.25, 0.3) is 0 Å². The number of hydrogen-bond acceptors (Lipinski definition) is 6. The third-order valence-electron chi connectivity index (χ3n) is 2.16. The Morgan fingerprint density at radius 3 is 2.78 bits per heavy atom. The molecule has 2 heterocycles. The van der Waals surface area contributed by atoms with Crippen LogP contribution in [0.2, 0.25) is 0 Å². The standard InChI is InChI=1S/C9H9N5O2S2/c1-6-11-5-8(17-6)18(15,16)13-9-7(3-10)4-12-14(9)2/h4-5,13H,1-2H3. The van der Waals surface area contributed by atoms with Gasteiger partial charge in [0.1, 0.15) is 11.6 Å². The molecule has 9 heteroatoms. The summed E-state index contributed by atoms with van der Waals surface area (Å²) in [6, 6.07) is 1.87. The first-order valence-electron chi connectivity index (χ1n) is 4.81. The highest BCUT2D eigenvalue weighted by Gasteiger charge is 2.20. The number of sulfonamides is 1. The van der Waals surface area contributed by atoms with E-state index >= 15 is 0 Å². The summed E-state index contributed by atoms with van der Waals surface area (Å²) in [5.74, 6) is 0.142. The molecule has 2 rings (SSSR count). The molecule has 0 atom stereocenters. The lowest BCUT2D eigenvalue weighted by Gasteiger charge is -2.06. The fourth-order valence-corrected chi connectivity index (χ4v) is 3.50. The zero-order valence-corrected chi connectivity index (χ0v) is 11.2. The van der Waals surface area contributed by atoms with Gasteiger partial charge in [0.05, 0.1) is 17.4 Å². The number of aromatic nitrogens is 3. The molecule has 0 aliphatic rings. The molecule has 0 amide bonds. The molecule has 2 aromatic rings. The summed E-state index contributed by atoms with van der Waals surface area (Å²) in [5.41, 5.74) is 0.169. The first-order valence-corrected chi connectivity index (χ1v) is 7.11. The Morgan fingerprint density at radius 2 is 2.22 bits per heavy atom. The summed E-state index contributed by atoms with van der Waals surface area (Å²) in [5, 5.41) is 13.3. The van der Waals surface area contributed by atoms with E-state index in [4.69, 9.17) is 5.26 Å². The van der Waals surface area contributed by atoms with Crippen molar-refractivity contribution >= 4 is 27.2 Å². The van der Waals surface area contributed by atoms with Crippen molar-refractivity contribution in [2.45, 2.75) is 11.1 Å². The van der Waals surface area contributed by atoms with E-state index in [2.05, 4.69) is 14.8 Å². The van der Waals surface area contributed by atoms with Gasteiger partial charge in [0, 0.05) is 7.05 Å². The smallest absolute Gasteiger partial charge is 0.262 e. The third-order valence-corrected chi connectivity index (χ3v) is 4.87. The van der Waals surface area contributed by atoms with Gasteiger partial charge < -0.3 is 0 Å². The average molecular weight is 283 g/mol. The molecule has 0 aromatic carbocycles. The highest BCUT2D eigenvalue weighted by Crippen LogP contribution is 2.22. The Kier molecular flexibility index (Phi) is 3.06. The Bertz CT molecular complexity index is 722. The summed E-state index contributed by atoms with van der Waals surface area (Å²) >= 11 is 1.06. The highest BCUT2D eigenvalue weighted by atomic mass is 32.2. The molecule has 7 nitrogen and oxygen atoms in total. The zero-order valence-electron chi connectivity index (χ0n) is 9.58. The van der Waals surface area contributed by atoms with Crippen molar-refractivity contribution < 1.29 is 8.42 Å². The average Bonchev–Trinajstić information content (AvgIpc) is 2.87. The zero-order chi connectivity index (χ0) is 13.3. The minimum atomic E-state index is -3.72. The van der Waals surface area contributed by atoms with Crippen molar-refractivity contribution in [2.24, 2.45) is 7.05 Å². The summed E-state index contributed by atoms with van der Waals surface area (Å²) in [6.07, 6.45) is 2.58. The Hall–Kier alpha value is -1.92. The lowest BCUT2D eigenvalue weighted by molar-refractivity contribution is 0.602. The molecule has 1 N–H and O–H groups in total. The summed E-state index contributed by atoms with van der Waals surface area (Å²) < 4.78 is 27.8. The number of nitrogens with one attached hydrogen (secondary N) is 1. The Morgan fingerprint density at radius 1 is 1.50 bits per heavy atom. The van der Waals surface area contributed by atoms with Gasteiger partial charge in [-0.25, -0.2) is 13.4 Å². The van der Waals surface area contributed by atoms with Crippen LogP contribution in [0.3, 0.4) is 0 Å². The van der Waals surface area contributed by atoms with E-state index in [1.54, 1.807) is 14.0 Å². The molecule has 2 aromatic heterocycles. The minimum absolute atomic E-state index is 0.102. The number of rotatable bonds is 3. The minimum Gasteiger partial charge on any atom is -0.262 e. The van der Waals surface area contributed by atoms with Gasteiger partial charge in [0.2, 0.25) is 0 Å². The van der Waals surface area contributed by atoms with Gasteiger partial charge >= 0.3 is 0 Å². The molecule has 0 saturated carbocycles. The Balaban J connectivity index is 2.40. The number of nitrogens with zero attached hydrogens (tertiary/aromatic N) is 4. The predicted octanol–water partition coefficient (Wildman–Crippen LogP) is 0.857. The maximum absolute atomic E-state index is 12.0. The molecule has 0 aliphatic heterocycles. The monoisotopic (exact) mass is 283 g/mol. The molecule has 0 radical (unpaired) electrons. The number of thiazole rings is 1. The second-order valence-electron chi connectivity index (χ2n) is 3.45. The summed E-state index contributed by atoms with van der Waals surface area (Å²) in [6.45, 7) is 1.72. The van der Waals surface area contributed by atoms with Crippen LogP contribution in [0.5, 0.6) is 0 Å². The van der Waals surface area contributed by atoms with Crippen molar-refractivity contribution in [3.05, 3.63) is 23.0 Å². The van der Waals surface area contributed by atoms with E-state index in [9.17, 15) is 8.42 Å². The first-order chi connectivity index (χ1) is 8.44. The number of hydrogen-bond donors (Lipinski definition) is 1. The maximum atomic E-state index is 12.0. The van der Waals surface area contributed by atoms with Gasteiger partial charge in [0.15, 0.2) is 10.0 Å². The first kappa shape index (κ1) is 12.5. The van der Waals surface area contributed by atoms with Crippen molar-refractivity contribution in [2.75, 3.05) is 4.72 Å². The molecule has 0 spiro atoms. The van der Waals surface area contributed by atoms with Crippen LogP contribution in [0.15, 0.2) is 16.6 Å². The maximum Gasteiger partial charge on any atom is 0.274 e. The molecule has 0 aliphatic carbocycles. The van der Waals surface area contributed by atoms with E-state index in [-0.39, 0.29) is 15.6 Å². The molecular formula is C9H9N5O2S2. The van der Waals surface area contributed by atoms with Crippen molar-refractivity contribution in [3.63, 3.8) is 0 Å². The van der Waals surface area contributed by atoms with Crippen molar-refractivity contribution in [3.8, 4) is 6.07 Å². The van der Waals surface area contributed by atoms with E-state index in [1.165, 1.54) is 17.1 Å². The van der Waals surface area contributed by atoms with Crippen LogP contribution < -0.4 is 4.72 Å². The molecular weight excluding hydrogens is 274 g/mol. The van der Waals surface area contributed by atoms with Crippen molar-refractivity contribution in [1.82, 2.24) is 14.8 Å². The quantitative estimate of drug-likeness (QED) is 0.900. The van der Waals surface area contributed by atoms with Crippen LogP contribution >= 0.6 is 11.3 Å². The largest absolute Gasteiger partial charge is 0.274 e. The van der Waals surface area contributed by atoms with Gasteiger partial charge in [-0.05, 0) is 6.92 Å². The van der Waals surface area contributed by atoms with E-state index in [0.717, 1.165) is 11.3 Å². The van der Waals surface area contributed by atoms with E-state index < -0.39 is 10.0 Å². The van der Waals surface area contributed by atoms with Gasteiger partial charge in [-0.1, -0.05) is 0 Å². The van der Waals surface area contributed by atoms with Crippen LogP contribution in [-0.2, 0) is 17.1 Å². The van der Waals surface area contributed by atoms with Crippen molar-refractivity contribution in [1.29, 1.82) is 5.26 Å². The number of nitriles is 1. The van der Waals surface area contributed by atoms with Gasteiger partial charge in [-0.15, -0.1) is 11.3 Å². The second kappa shape index (κ2) is 4.40. The third kappa shape index (κ3) is 2.20. The van der Waals surface area contributed by atoms with Gasteiger partial charge in [-0.2, -0.15) is 10.4 Å². The molecule has 0 unspecified atom stereocenters. The van der Waals surface area contributed by atoms with Crippen LogP contribution in [0, 0.1) is 18.3 Å². The fourth-order valence-electron chi connectivity index (χ4n) is 1.28. The molecule has 0 saturated heterocycles. The van der Waals surface area contributed by atoms with E-state index in [0.29, 0.717) is 5.01 Å². The van der Waals surface area contributed by atoms with Crippen LogP contribution in [-0.4, -0.2) is 23.2 Å². The summed E-state index contributed by atoms with van der Waals surface area (Å²) in [7, 11) is -2.17. The number of aryl methyl sites for hydroxylation is 2. The summed E-state index contributed by atoms with van der Waals surface area (Å²) in [4.78, 5) is 3.89. The van der Waals surface area contributed by atoms with E-state index in [1.807, 2.05) is 6.07 Å². The lowest BCUT2D eigenvalue weighted by Crippen LogP contribution is -2.15. The Labute approximate surface area is 108 Å². The molecule has 0 bridgehead atoms. The van der Waals surface area contributed by atoms with Crippen LogP contribution in [0.1, 0.15) is 10.6 Å². The lowest BCUT2D eigenvalue weighted by atomic mass is 10.4. The molecule has 18 heavy (non-hydrogen) atoms. The topological polar surface area (TPSA) is 101 Å². The predicted molar refractivity (Wildman–Crippen MR) is 65.6 cm³/mol. The second-order valence-corrected chi connectivity index (χ2v) is 6.59.